The second kappa shape index (κ2) is 13.5. The van der Waals surface area contributed by atoms with Crippen LogP contribution < -0.4 is 5.73 Å². The molecule has 2 aliphatic rings. The third-order valence-corrected chi connectivity index (χ3v) is 9.99. The Morgan fingerprint density at radius 3 is 2.25 bits per heavy atom. The van der Waals surface area contributed by atoms with E-state index in [9.17, 15) is 9.59 Å². The van der Waals surface area contributed by atoms with Crippen LogP contribution in [0.2, 0.25) is 10.0 Å². The maximum Gasteiger partial charge on any atom is 0.227 e. The van der Waals surface area contributed by atoms with Crippen molar-refractivity contribution >= 4 is 47.4 Å². The molecule has 2 saturated heterocycles. The lowest BCUT2D eigenvalue weighted by Gasteiger charge is -2.45. The lowest BCUT2D eigenvalue weighted by atomic mass is 9.71. The van der Waals surface area contributed by atoms with E-state index in [4.69, 9.17) is 28.9 Å². The Balaban J connectivity index is 0.00000441. The van der Waals surface area contributed by atoms with Crippen molar-refractivity contribution in [3.63, 3.8) is 0 Å². The number of nitrogens with zero attached hydrogens (tertiary/aromatic N) is 2. The molecule has 8 heteroatoms. The van der Waals surface area contributed by atoms with Gasteiger partial charge in [0.15, 0.2) is 0 Å². The number of nitrogens with two attached hydrogens (primary N) is 1. The standard InChI is InChI=1S/C32H43Cl2N3O2.ClH/c1-22-16-23(2)18-24(17-22)19-29(38)37-12-5-10-32(21-37,26-6-7-27(33)28(34)20-26)11-15-36-13-8-25(9-14-36)31(3,4)30(35)39;/h6-7,16-18,20,25H,5,8-15,19,21H2,1-4H3,(H2,35,39);1H. The maximum atomic E-state index is 13.6. The van der Waals surface area contributed by atoms with Crippen LogP contribution in [-0.2, 0) is 21.4 Å². The largest absolute Gasteiger partial charge is 0.369 e. The molecule has 2 aromatic rings. The zero-order chi connectivity index (χ0) is 28.4. The van der Waals surface area contributed by atoms with Crippen LogP contribution in [0.3, 0.4) is 0 Å². The highest BCUT2D eigenvalue weighted by Crippen LogP contribution is 2.41. The van der Waals surface area contributed by atoms with E-state index in [1.165, 1.54) is 11.1 Å². The number of carbonyl (C=O) groups is 2. The molecule has 2 N–H and O–H groups in total. The molecule has 40 heavy (non-hydrogen) atoms. The normalized spacial score (nSPS) is 20.7. The number of amides is 2. The number of hydrogen-bond acceptors (Lipinski definition) is 3. The summed E-state index contributed by atoms with van der Waals surface area (Å²) in [6.07, 6.45) is 5.24. The Labute approximate surface area is 256 Å². The van der Waals surface area contributed by atoms with Crippen LogP contribution >= 0.6 is 35.6 Å². The fourth-order valence-electron chi connectivity index (χ4n) is 6.66. The van der Waals surface area contributed by atoms with Gasteiger partial charge in [0, 0.05) is 23.9 Å². The van der Waals surface area contributed by atoms with Crippen molar-refractivity contribution in [2.75, 3.05) is 32.7 Å². The van der Waals surface area contributed by atoms with Crippen molar-refractivity contribution in [2.24, 2.45) is 17.1 Å². The zero-order valence-corrected chi connectivity index (χ0v) is 26.6. The topological polar surface area (TPSA) is 66.6 Å². The van der Waals surface area contributed by atoms with Gasteiger partial charge in [0.2, 0.25) is 11.8 Å². The van der Waals surface area contributed by atoms with Gasteiger partial charge in [-0.25, -0.2) is 0 Å². The van der Waals surface area contributed by atoms with Crippen LogP contribution in [-0.4, -0.2) is 54.3 Å². The van der Waals surface area contributed by atoms with Gasteiger partial charge in [-0.2, -0.15) is 0 Å². The highest BCUT2D eigenvalue weighted by atomic mass is 35.5. The first-order valence-electron chi connectivity index (χ1n) is 14.2. The number of primary amides is 1. The minimum atomic E-state index is -0.479. The van der Waals surface area contributed by atoms with Gasteiger partial charge in [0.1, 0.15) is 0 Å². The van der Waals surface area contributed by atoms with Gasteiger partial charge in [-0.3, -0.25) is 9.59 Å². The van der Waals surface area contributed by atoms with Crippen molar-refractivity contribution in [2.45, 2.75) is 71.6 Å². The quantitative estimate of drug-likeness (QED) is 0.361. The average Bonchev–Trinajstić information content (AvgIpc) is 2.88. The Kier molecular flexibility index (Phi) is 11.0. The Morgan fingerprint density at radius 2 is 1.65 bits per heavy atom. The summed E-state index contributed by atoms with van der Waals surface area (Å²) in [6.45, 7) is 12.4. The van der Waals surface area contributed by atoms with Gasteiger partial charge in [-0.1, -0.05) is 72.4 Å². The van der Waals surface area contributed by atoms with E-state index < -0.39 is 5.41 Å². The number of rotatable bonds is 8. The van der Waals surface area contributed by atoms with Crippen LogP contribution in [0.4, 0.5) is 0 Å². The van der Waals surface area contributed by atoms with Crippen molar-refractivity contribution in [3.8, 4) is 0 Å². The van der Waals surface area contributed by atoms with Crippen molar-refractivity contribution in [1.29, 1.82) is 0 Å². The summed E-state index contributed by atoms with van der Waals surface area (Å²) in [4.78, 5) is 30.1. The lowest BCUT2D eigenvalue weighted by Crippen LogP contribution is -2.51. The molecule has 2 aliphatic heterocycles. The van der Waals surface area contributed by atoms with Crippen molar-refractivity contribution in [3.05, 3.63) is 68.7 Å². The molecular formula is C32H44Cl3N3O2. The molecule has 5 nitrogen and oxygen atoms in total. The summed E-state index contributed by atoms with van der Waals surface area (Å²) >= 11 is 12.8. The van der Waals surface area contributed by atoms with Gasteiger partial charge in [0.05, 0.1) is 16.5 Å². The maximum absolute atomic E-state index is 13.6. The molecule has 2 aromatic carbocycles. The van der Waals surface area contributed by atoms with Crippen molar-refractivity contribution < 1.29 is 9.59 Å². The van der Waals surface area contributed by atoms with E-state index in [1.807, 2.05) is 26.0 Å². The van der Waals surface area contributed by atoms with Crippen LogP contribution in [0.1, 0.15) is 68.2 Å². The molecule has 2 amide bonds. The van der Waals surface area contributed by atoms with E-state index in [0.717, 1.165) is 69.4 Å². The van der Waals surface area contributed by atoms with Gasteiger partial charge >= 0.3 is 0 Å². The number of carbonyl (C=O) groups excluding carboxylic acids is 2. The first kappa shape index (κ1) is 32.7. The fraction of sp³-hybridized carbons (Fsp3) is 0.562. The Morgan fingerprint density at radius 1 is 1.00 bits per heavy atom. The predicted octanol–water partition coefficient (Wildman–Crippen LogP) is 6.75. The minimum Gasteiger partial charge on any atom is -0.369 e. The van der Waals surface area contributed by atoms with Crippen LogP contribution in [0.5, 0.6) is 0 Å². The fourth-order valence-corrected chi connectivity index (χ4v) is 6.96. The molecule has 0 bridgehead atoms. The number of aryl methyl sites for hydroxylation is 2. The number of halogens is 3. The van der Waals surface area contributed by atoms with E-state index in [1.54, 1.807) is 0 Å². The van der Waals surface area contributed by atoms with Gasteiger partial charge in [0.25, 0.3) is 0 Å². The Bertz CT molecular complexity index is 1190. The summed E-state index contributed by atoms with van der Waals surface area (Å²) < 4.78 is 0. The summed E-state index contributed by atoms with van der Waals surface area (Å²) in [5.74, 6) is 0.272. The molecular weight excluding hydrogens is 565 g/mol. The van der Waals surface area contributed by atoms with Gasteiger partial charge in [-0.15, -0.1) is 12.4 Å². The molecule has 1 unspecified atom stereocenters. The first-order chi connectivity index (χ1) is 18.4. The molecule has 4 rings (SSSR count). The number of likely N-dealkylation sites (tertiary alicyclic amines) is 2. The van der Waals surface area contributed by atoms with E-state index in [2.05, 4.69) is 47.9 Å². The van der Waals surface area contributed by atoms with E-state index in [0.29, 0.717) is 28.9 Å². The summed E-state index contributed by atoms with van der Waals surface area (Å²) in [5.41, 5.74) is 9.63. The smallest absolute Gasteiger partial charge is 0.227 e. The Hall–Kier alpha value is -1.79. The van der Waals surface area contributed by atoms with Crippen LogP contribution in [0, 0.1) is 25.2 Å². The number of benzene rings is 2. The number of hydrogen-bond donors (Lipinski definition) is 1. The molecule has 2 fully saturated rings. The van der Waals surface area contributed by atoms with Gasteiger partial charge in [-0.05, 0) is 94.8 Å². The highest BCUT2D eigenvalue weighted by molar-refractivity contribution is 6.42. The van der Waals surface area contributed by atoms with Crippen LogP contribution in [0.25, 0.3) is 0 Å². The first-order valence-corrected chi connectivity index (χ1v) is 15.0. The summed E-state index contributed by atoms with van der Waals surface area (Å²) in [5, 5.41) is 1.11. The molecule has 0 radical (unpaired) electrons. The van der Waals surface area contributed by atoms with E-state index >= 15 is 0 Å². The second-order valence-corrected chi connectivity index (χ2v) is 13.3. The monoisotopic (exact) mass is 607 g/mol. The molecule has 1 atom stereocenters. The summed E-state index contributed by atoms with van der Waals surface area (Å²) in [7, 11) is 0. The second-order valence-electron chi connectivity index (χ2n) is 12.5. The molecule has 0 aliphatic carbocycles. The van der Waals surface area contributed by atoms with E-state index in [-0.39, 0.29) is 29.6 Å². The van der Waals surface area contributed by atoms with Crippen molar-refractivity contribution in [1.82, 2.24) is 9.80 Å². The molecule has 220 valence electrons. The number of piperidine rings is 2. The predicted molar refractivity (Wildman–Crippen MR) is 168 cm³/mol. The van der Waals surface area contributed by atoms with Crippen LogP contribution in [0.15, 0.2) is 36.4 Å². The van der Waals surface area contributed by atoms with Gasteiger partial charge < -0.3 is 15.5 Å². The molecule has 0 saturated carbocycles. The molecule has 0 spiro atoms. The molecule has 0 aromatic heterocycles. The molecule has 2 heterocycles. The highest BCUT2D eigenvalue weighted by Gasteiger charge is 2.41. The third kappa shape index (κ3) is 7.53. The minimum absolute atomic E-state index is 0. The zero-order valence-electron chi connectivity index (χ0n) is 24.3. The SMILES string of the molecule is Cc1cc(C)cc(CC(=O)N2CCCC(CCN3CCC(C(C)(C)C(N)=O)CC3)(c3ccc(Cl)c(Cl)c3)C2)c1.Cl. The third-order valence-electron chi connectivity index (χ3n) is 9.25. The lowest BCUT2D eigenvalue weighted by molar-refractivity contribution is -0.133. The summed E-state index contributed by atoms with van der Waals surface area (Å²) in [6, 6.07) is 12.3. The average molecular weight is 609 g/mol.